The highest BCUT2D eigenvalue weighted by molar-refractivity contribution is 9.10. The summed E-state index contributed by atoms with van der Waals surface area (Å²) in [6.45, 7) is 0. The number of benzene rings is 3. The Hall–Kier alpha value is -2.66. The van der Waals surface area contributed by atoms with Crippen molar-refractivity contribution in [2.24, 2.45) is 0 Å². The van der Waals surface area contributed by atoms with Crippen LogP contribution in [0.1, 0.15) is 0 Å². The molecule has 1 heterocycles. The first-order valence-electron chi connectivity index (χ1n) is 6.99. The fourth-order valence-corrected chi connectivity index (χ4v) is 3.14. The van der Waals surface area contributed by atoms with Gasteiger partial charge >= 0.3 is 0 Å². The Kier molecular flexibility index (Phi) is 3.16. The number of nitro groups is 1. The second-order valence-corrected chi connectivity index (χ2v) is 6.14. The largest absolute Gasteiger partial charge is 0.456 e. The van der Waals surface area contributed by atoms with E-state index in [2.05, 4.69) is 15.9 Å². The van der Waals surface area contributed by atoms with E-state index in [0.29, 0.717) is 10.0 Å². The Balaban J connectivity index is 2.00. The molecule has 0 saturated heterocycles. The molecule has 112 valence electrons. The standard InChI is InChI=1S/C18H10BrNO3/c19-12-6-7-13(16(10-12)20(21)22)11-5-8-18-15(9-11)14-3-1-2-4-17(14)23-18/h1-10H. The first-order valence-corrected chi connectivity index (χ1v) is 7.78. The third kappa shape index (κ3) is 2.29. The predicted octanol–water partition coefficient (Wildman–Crippen LogP) is 5.92. The van der Waals surface area contributed by atoms with Gasteiger partial charge in [-0.05, 0) is 35.9 Å². The summed E-state index contributed by atoms with van der Waals surface area (Å²) in [4.78, 5) is 11.0. The highest BCUT2D eigenvalue weighted by atomic mass is 79.9. The van der Waals surface area contributed by atoms with Crippen LogP contribution < -0.4 is 0 Å². The normalized spacial score (nSPS) is 11.2. The molecule has 4 rings (SSSR count). The van der Waals surface area contributed by atoms with Gasteiger partial charge in [0, 0.05) is 21.3 Å². The zero-order valence-corrected chi connectivity index (χ0v) is 13.4. The molecule has 0 spiro atoms. The smallest absolute Gasteiger partial charge is 0.278 e. The maximum atomic E-state index is 11.3. The molecule has 3 aromatic carbocycles. The number of nitro benzene ring substituents is 1. The fourth-order valence-electron chi connectivity index (χ4n) is 2.79. The minimum atomic E-state index is -0.363. The van der Waals surface area contributed by atoms with Crippen LogP contribution in [0.4, 0.5) is 5.69 Å². The van der Waals surface area contributed by atoms with Crippen molar-refractivity contribution >= 4 is 43.6 Å². The molecule has 1 aromatic heterocycles. The molecular formula is C18H10BrNO3. The zero-order chi connectivity index (χ0) is 16.0. The molecule has 0 amide bonds. The molecule has 0 fully saturated rings. The maximum Gasteiger partial charge on any atom is 0.278 e. The van der Waals surface area contributed by atoms with Gasteiger partial charge < -0.3 is 4.42 Å². The fraction of sp³-hybridized carbons (Fsp3) is 0. The van der Waals surface area contributed by atoms with Gasteiger partial charge in [-0.1, -0.05) is 40.2 Å². The number of para-hydroxylation sites is 1. The Morgan fingerprint density at radius 1 is 0.913 bits per heavy atom. The Bertz CT molecular complexity index is 1070. The van der Waals surface area contributed by atoms with E-state index >= 15 is 0 Å². The second-order valence-electron chi connectivity index (χ2n) is 5.23. The van der Waals surface area contributed by atoms with Gasteiger partial charge in [0.1, 0.15) is 11.2 Å². The van der Waals surface area contributed by atoms with Crippen LogP contribution in [0.2, 0.25) is 0 Å². The predicted molar refractivity (Wildman–Crippen MR) is 93.5 cm³/mol. The molecule has 0 unspecified atom stereocenters. The molecule has 0 aliphatic rings. The molecule has 0 saturated carbocycles. The van der Waals surface area contributed by atoms with E-state index in [9.17, 15) is 10.1 Å². The summed E-state index contributed by atoms with van der Waals surface area (Å²) < 4.78 is 6.48. The molecular weight excluding hydrogens is 358 g/mol. The first-order chi connectivity index (χ1) is 11.1. The topological polar surface area (TPSA) is 56.3 Å². The Labute approximate surface area is 139 Å². The van der Waals surface area contributed by atoms with Crippen molar-refractivity contribution in [3.8, 4) is 11.1 Å². The lowest BCUT2D eigenvalue weighted by atomic mass is 10.0. The molecule has 0 radical (unpaired) electrons. The minimum Gasteiger partial charge on any atom is -0.456 e. The van der Waals surface area contributed by atoms with Crippen LogP contribution in [0, 0.1) is 10.1 Å². The summed E-state index contributed by atoms with van der Waals surface area (Å²) in [5.41, 5.74) is 3.04. The summed E-state index contributed by atoms with van der Waals surface area (Å²) in [7, 11) is 0. The van der Waals surface area contributed by atoms with Crippen LogP contribution in [0.25, 0.3) is 33.1 Å². The highest BCUT2D eigenvalue weighted by Gasteiger charge is 2.17. The monoisotopic (exact) mass is 367 g/mol. The summed E-state index contributed by atoms with van der Waals surface area (Å²) in [5.74, 6) is 0. The average molecular weight is 368 g/mol. The lowest BCUT2D eigenvalue weighted by molar-refractivity contribution is -0.384. The first kappa shape index (κ1) is 14.0. The quantitative estimate of drug-likeness (QED) is 0.326. The molecule has 4 aromatic rings. The number of hydrogen-bond acceptors (Lipinski definition) is 3. The maximum absolute atomic E-state index is 11.3. The van der Waals surface area contributed by atoms with Gasteiger partial charge in [0.15, 0.2) is 0 Å². The van der Waals surface area contributed by atoms with E-state index in [-0.39, 0.29) is 10.6 Å². The summed E-state index contributed by atoms with van der Waals surface area (Å²) >= 11 is 3.28. The average Bonchev–Trinajstić information content (AvgIpc) is 2.92. The molecule has 0 aliphatic carbocycles. The van der Waals surface area contributed by atoms with E-state index in [4.69, 9.17) is 4.42 Å². The van der Waals surface area contributed by atoms with Crippen LogP contribution in [0.3, 0.4) is 0 Å². The second kappa shape index (κ2) is 5.21. The van der Waals surface area contributed by atoms with Crippen LogP contribution in [0.15, 0.2) is 69.6 Å². The van der Waals surface area contributed by atoms with E-state index in [1.807, 2.05) is 42.5 Å². The van der Waals surface area contributed by atoms with E-state index in [1.54, 1.807) is 12.1 Å². The van der Waals surface area contributed by atoms with Crippen LogP contribution in [-0.2, 0) is 0 Å². The van der Waals surface area contributed by atoms with Gasteiger partial charge in [-0.15, -0.1) is 0 Å². The molecule has 0 atom stereocenters. The van der Waals surface area contributed by atoms with Gasteiger partial charge in [-0.3, -0.25) is 10.1 Å². The van der Waals surface area contributed by atoms with Gasteiger partial charge in [0.05, 0.1) is 10.5 Å². The van der Waals surface area contributed by atoms with Crippen molar-refractivity contribution < 1.29 is 9.34 Å². The number of rotatable bonds is 2. The molecule has 0 aliphatic heterocycles. The van der Waals surface area contributed by atoms with Gasteiger partial charge in [-0.2, -0.15) is 0 Å². The number of nitrogens with zero attached hydrogens (tertiary/aromatic N) is 1. The molecule has 4 nitrogen and oxygen atoms in total. The third-order valence-electron chi connectivity index (χ3n) is 3.84. The summed E-state index contributed by atoms with van der Waals surface area (Å²) in [6.07, 6.45) is 0. The lowest BCUT2D eigenvalue weighted by Crippen LogP contribution is -1.92. The van der Waals surface area contributed by atoms with Crippen LogP contribution in [-0.4, -0.2) is 4.92 Å². The summed E-state index contributed by atoms with van der Waals surface area (Å²) in [5, 5.41) is 13.3. The van der Waals surface area contributed by atoms with Gasteiger partial charge in [-0.25, -0.2) is 0 Å². The molecule has 0 N–H and O–H groups in total. The Morgan fingerprint density at radius 2 is 1.70 bits per heavy atom. The third-order valence-corrected chi connectivity index (χ3v) is 4.34. The van der Waals surface area contributed by atoms with E-state index in [0.717, 1.165) is 27.5 Å². The van der Waals surface area contributed by atoms with Gasteiger partial charge in [0.2, 0.25) is 0 Å². The van der Waals surface area contributed by atoms with Gasteiger partial charge in [0.25, 0.3) is 5.69 Å². The van der Waals surface area contributed by atoms with Crippen LogP contribution in [0.5, 0.6) is 0 Å². The van der Waals surface area contributed by atoms with E-state index in [1.165, 1.54) is 6.07 Å². The minimum absolute atomic E-state index is 0.0755. The Morgan fingerprint density at radius 3 is 2.52 bits per heavy atom. The highest BCUT2D eigenvalue weighted by Crippen LogP contribution is 2.36. The number of halogens is 1. The molecule has 5 heteroatoms. The zero-order valence-electron chi connectivity index (χ0n) is 11.8. The van der Waals surface area contributed by atoms with Crippen LogP contribution >= 0.6 is 15.9 Å². The number of hydrogen-bond donors (Lipinski definition) is 0. The summed E-state index contributed by atoms with van der Waals surface area (Å²) in [6, 6.07) is 18.5. The van der Waals surface area contributed by atoms with Crippen molar-refractivity contribution in [2.75, 3.05) is 0 Å². The number of furan rings is 1. The van der Waals surface area contributed by atoms with Crippen molar-refractivity contribution in [3.05, 3.63) is 75.3 Å². The van der Waals surface area contributed by atoms with Crippen molar-refractivity contribution in [2.45, 2.75) is 0 Å². The van der Waals surface area contributed by atoms with Crippen molar-refractivity contribution in [1.82, 2.24) is 0 Å². The SMILES string of the molecule is O=[N+]([O-])c1cc(Br)ccc1-c1ccc2oc3ccccc3c2c1. The van der Waals surface area contributed by atoms with Crippen molar-refractivity contribution in [1.29, 1.82) is 0 Å². The van der Waals surface area contributed by atoms with E-state index < -0.39 is 0 Å². The molecule has 0 bridgehead atoms. The molecule has 23 heavy (non-hydrogen) atoms. The van der Waals surface area contributed by atoms with Crippen molar-refractivity contribution in [3.63, 3.8) is 0 Å². The number of fused-ring (bicyclic) bond motifs is 3. The lowest BCUT2D eigenvalue weighted by Gasteiger charge is -2.04.